The first kappa shape index (κ1) is 12.6. The highest BCUT2D eigenvalue weighted by molar-refractivity contribution is 7.10. The Morgan fingerprint density at radius 3 is 2.59 bits per heavy atom. The van der Waals surface area contributed by atoms with E-state index in [1.165, 1.54) is 10.4 Å². The average molecular weight is 270 g/mol. The molecule has 0 aliphatic heterocycles. The van der Waals surface area contributed by atoms with Crippen molar-refractivity contribution in [2.24, 2.45) is 5.73 Å². The van der Waals surface area contributed by atoms with Crippen LogP contribution in [-0.2, 0) is 0 Å². The van der Waals surface area contributed by atoms with Crippen LogP contribution in [-0.4, -0.2) is 15.8 Å². The van der Waals surface area contributed by atoms with Gasteiger partial charge >= 0.3 is 0 Å². The molecule has 0 aromatic carbocycles. The van der Waals surface area contributed by atoms with Crippen molar-refractivity contribution < 1.29 is 0 Å². The van der Waals surface area contributed by atoms with Gasteiger partial charge in [0.2, 0.25) is 0 Å². The lowest BCUT2D eigenvalue weighted by Crippen LogP contribution is -2.30. The number of hydrogen-bond donors (Lipinski definition) is 1. The number of nitrogens with two attached hydrogens (primary N) is 1. The second kappa shape index (κ2) is 4.80. The Morgan fingerprint density at radius 2 is 2.18 bits per heavy atom. The van der Waals surface area contributed by atoms with Gasteiger partial charge in [-0.2, -0.15) is 5.10 Å². The molecule has 0 amide bonds. The molecule has 17 heavy (non-hydrogen) atoms. The molecule has 2 unspecified atom stereocenters. The van der Waals surface area contributed by atoms with Crippen LogP contribution in [0.5, 0.6) is 0 Å². The summed E-state index contributed by atoms with van der Waals surface area (Å²) < 4.78 is 1.88. The molecule has 2 N–H and O–H groups in total. The maximum Gasteiger partial charge on any atom is 0.101 e. The normalized spacial score (nSPS) is 14.9. The molecule has 0 aliphatic rings. The van der Waals surface area contributed by atoms with Crippen molar-refractivity contribution in [2.45, 2.75) is 32.9 Å². The zero-order valence-corrected chi connectivity index (χ0v) is 11.7. The van der Waals surface area contributed by atoms with E-state index < -0.39 is 0 Å². The number of halogens is 1. The summed E-state index contributed by atoms with van der Waals surface area (Å²) >= 11 is 7.77. The van der Waals surface area contributed by atoms with E-state index in [2.05, 4.69) is 23.5 Å². The van der Waals surface area contributed by atoms with Gasteiger partial charge in [0.15, 0.2) is 0 Å². The second-order valence-electron chi connectivity index (χ2n) is 4.31. The van der Waals surface area contributed by atoms with Gasteiger partial charge in [0.1, 0.15) is 6.04 Å². The fourth-order valence-corrected chi connectivity index (χ4v) is 3.16. The Balaban J connectivity index is 2.46. The van der Waals surface area contributed by atoms with Crippen molar-refractivity contribution in [3.8, 4) is 0 Å². The zero-order valence-electron chi connectivity index (χ0n) is 10.1. The minimum atomic E-state index is -0.0114. The molecule has 0 bridgehead atoms. The van der Waals surface area contributed by atoms with Gasteiger partial charge in [0, 0.05) is 17.1 Å². The van der Waals surface area contributed by atoms with Crippen LogP contribution in [0.15, 0.2) is 17.6 Å². The first-order valence-corrected chi connectivity index (χ1v) is 6.77. The van der Waals surface area contributed by atoms with Crippen molar-refractivity contribution in [3.63, 3.8) is 0 Å². The van der Waals surface area contributed by atoms with Gasteiger partial charge in [-0.05, 0) is 37.8 Å². The van der Waals surface area contributed by atoms with E-state index in [1.54, 1.807) is 11.3 Å². The van der Waals surface area contributed by atoms with Crippen LogP contribution in [0.2, 0.25) is 5.02 Å². The molecular formula is C12H16ClN3S. The van der Waals surface area contributed by atoms with E-state index in [0.29, 0.717) is 5.02 Å². The SMILES string of the molecule is Cc1ccsc1C(C(C)N)n1cc(Cl)c(C)n1. The lowest BCUT2D eigenvalue weighted by atomic mass is 10.1. The molecule has 2 heterocycles. The Bertz CT molecular complexity index is 496. The number of aryl methyl sites for hydroxylation is 2. The van der Waals surface area contributed by atoms with Gasteiger partial charge < -0.3 is 5.73 Å². The van der Waals surface area contributed by atoms with Crippen LogP contribution < -0.4 is 5.73 Å². The quantitative estimate of drug-likeness (QED) is 0.930. The maximum absolute atomic E-state index is 6.09. The summed E-state index contributed by atoms with van der Waals surface area (Å²) in [5.74, 6) is 0. The summed E-state index contributed by atoms with van der Waals surface area (Å²) in [6.07, 6.45) is 1.85. The molecule has 2 rings (SSSR count). The van der Waals surface area contributed by atoms with Crippen molar-refractivity contribution in [3.05, 3.63) is 38.8 Å². The van der Waals surface area contributed by atoms with Crippen LogP contribution in [0, 0.1) is 13.8 Å². The summed E-state index contributed by atoms with van der Waals surface area (Å²) in [5, 5.41) is 7.21. The number of nitrogens with zero attached hydrogens (tertiary/aromatic N) is 2. The fourth-order valence-electron chi connectivity index (χ4n) is 1.89. The Morgan fingerprint density at radius 1 is 1.47 bits per heavy atom. The van der Waals surface area contributed by atoms with Crippen molar-refractivity contribution in [1.29, 1.82) is 0 Å². The highest BCUT2D eigenvalue weighted by Crippen LogP contribution is 2.30. The third kappa shape index (κ3) is 2.39. The molecule has 5 heteroatoms. The molecule has 2 aromatic rings. The zero-order chi connectivity index (χ0) is 12.6. The van der Waals surface area contributed by atoms with E-state index in [9.17, 15) is 0 Å². The fraction of sp³-hybridized carbons (Fsp3) is 0.417. The monoisotopic (exact) mass is 269 g/mol. The summed E-state index contributed by atoms with van der Waals surface area (Å²) in [5.41, 5.74) is 8.18. The lowest BCUT2D eigenvalue weighted by molar-refractivity contribution is 0.457. The third-order valence-electron chi connectivity index (χ3n) is 2.81. The smallest absolute Gasteiger partial charge is 0.101 e. The van der Waals surface area contributed by atoms with E-state index >= 15 is 0 Å². The summed E-state index contributed by atoms with van der Waals surface area (Å²) in [7, 11) is 0. The summed E-state index contributed by atoms with van der Waals surface area (Å²) in [4.78, 5) is 1.25. The predicted octanol–water partition coefficient (Wildman–Crippen LogP) is 3.15. The topological polar surface area (TPSA) is 43.8 Å². The molecule has 0 saturated heterocycles. The number of thiophene rings is 1. The molecule has 92 valence electrons. The Kier molecular flexibility index (Phi) is 3.56. The third-order valence-corrected chi connectivity index (χ3v) is 4.27. The van der Waals surface area contributed by atoms with Gasteiger partial charge in [-0.15, -0.1) is 11.3 Å². The first-order valence-electron chi connectivity index (χ1n) is 5.51. The van der Waals surface area contributed by atoms with E-state index in [0.717, 1.165) is 5.69 Å². The number of rotatable bonds is 3. The molecule has 0 radical (unpaired) electrons. The largest absolute Gasteiger partial charge is 0.326 e. The van der Waals surface area contributed by atoms with E-state index in [-0.39, 0.29) is 12.1 Å². The van der Waals surface area contributed by atoms with Crippen LogP contribution in [0.1, 0.15) is 29.1 Å². The molecule has 0 saturated carbocycles. The van der Waals surface area contributed by atoms with Gasteiger partial charge in [-0.25, -0.2) is 0 Å². The molecule has 2 aromatic heterocycles. The lowest BCUT2D eigenvalue weighted by Gasteiger charge is -2.21. The van der Waals surface area contributed by atoms with Gasteiger partial charge in [0.05, 0.1) is 10.7 Å². The number of aromatic nitrogens is 2. The van der Waals surface area contributed by atoms with Crippen molar-refractivity contribution in [2.75, 3.05) is 0 Å². The highest BCUT2D eigenvalue weighted by atomic mass is 35.5. The number of hydrogen-bond acceptors (Lipinski definition) is 3. The minimum Gasteiger partial charge on any atom is -0.326 e. The highest BCUT2D eigenvalue weighted by Gasteiger charge is 2.22. The Labute approximate surface area is 110 Å². The molecular weight excluding hydrogens is 254 g/mol. The molecule has 3 nitrogen and oxygen atoms in total. The van der Waals surface area contributed by atoms with Crippen LogP contribution >= 0.6 is 22.9 Å². The first-order chi connectivity index (χ1) is 8.00. The van der Waals surface area contributed by atoms with Crippen LogP contribution in [0.4, 0.5) is 0 Å². The average Bonchev–Trinajstić information content (AvgIpc) is 2.76. The molecule has 0 fully saturated rings. The van der Waals surface area contributed by atoms with Crippen molar-refractivity contribution in [1.82, 2.24) is 9.78 Å². The van der Waals surface area contributed by atoms with Crippen LogP contribution in [0.3, 0.4) is 0 Å². The van der Waals surface area contributed by atoms with Gasteiger partial charge in [0.25, 0.3) is 0 Å². The molecule has 2 atom stereocenters. The Hall–Kier alpha value is -0.840. The van der Waals surface area contributed by atoms with Gasteiger partial charge in [-0.3, -0.25) is 4.68 Å². The maximum atomic E-state index is 6.09. The van der Waals surface area contributed by atoms with Gasteiger partial charge in [-0.1, -0.05) is 11.6 Å². The summed E-state index contributed by atoms with van der Waals surface area (Å²) in [6.45, 7) is 5.99. The van der Waals surface area contributed by atoms with E-state index in [4.69, 9.17) is 17.3 Å². The molecule has 0 spiro atoms. The van der Waals surface area contributed by atoms with Crippen molar-refractivity contribution >= 4 is 22.9 Å². The second-order valence-corrected chi connectivity index (χ2v) is 5.67. The summed E-state index contributed by atoms with van der Waals surface area (Å²) in [6, 6.07) is 2.15. The van der Waals surface area contributed by atoms with Crippen LogP contribution in [0.25, 0.3) is 0 Å². The standard InChI is InChI=1S/C12H16ClN3S/c1-7-4-5-17-12(7)11(8(2)14)16-6-10(13)9(3)15-16/h4-6,8,11H,14H2,1-3H3. The van der Waals surface area contributed by atoms with E-state index in [1.807, 2.05) is 24.7 Å². The molecule has 0 aliphatic carbocycles. The predicted molar refractivity (Wildman–Crippen MR) is 72.8 cm³/mol. The minimum absolute atomic E-state index is 0.0114.